The molecule has 140 valence electrons. The van der Waals surface area contributed by atoms with Crippen LogP contribution < -0.4 is 10.6 Å². The molecule has 2 heterocycles. The van der Waals surface area contributed by atoms with Gasteiger partial charge < -0.3 is 20.1 Å². The first-order valence-electron chi connectivity index (χ1n) is 9.36. The molecule has 25 heavy (non-hydrogen) atoms. The van der Waals surface area contributed by atoms with E-state index in [0.717, 1.165) is 32.2 Å². The monoisotopic (exact) mass is 348 g/mol. The Morgan fingerprint density at radius 3 is 2.68 bits per heavy atom. The minimum Gasteiger partial charge on any atom is -0.354 e. The number of nitrogens with one attached hydrogen (secondary N) is 2. The van der Waals surface area contributed by atoms with Crippen LogP contribution in [0.4, 0.5) is 4.79 Å². The Morgan fingerprint density at radius 1 is 1.28 bits per heavy atom. The lowest BCUT2D eigenvalue weighted by molar-refractivity contribution is -0.136. The number of hydrogen-bond acceptors (Lipinski definition) is 2. The van der Waals surface area contributed by atoms with Gasteiger partial charge in [0.05, 0.1) is 0 Å². The Kier molecular flexibility index (Phi) is 6.91. The highest BCUT2D eigenvalue weighted by molar-refractivity contribution is 5.87. The van der Waals surface area contributed by atoms with Crippen LogP contribution in [0.25, 0.3) is 0 Å². The molecular weight excluding hydrogens is 316 g/mol. The maximum atomic E-state index is 12.5. The van der Waals surface area contributed by atoms with E-state index >= 15 is 0 Å². The van der Waals surface area contributed by atoms with Crippen molar-refractivity contribution >= 4 is 11.9 Å². The fourth-order valence-corrected chi connectivity index (χ4v) is 3.39. The van der Waals surface area contributed by atoms with Gasteiger partial charge in [-0.1, -0.05) is 0 Å². The molecule has 1 aliphatic rings. The third kappa shape index (κ3) is 5.51. The molecule has 0 spiro atoms. The van der Waals surface area contributed by atoms with Gasteiger partial charge in [-0.05, 0) is 65.0 Å². The lowest BCUT2D eigenvalue weighted by Gasteiger charge is -2.35. The average Bonchev–Trinajstić information content (AvgIpc) is 2.97. The van der Waals surface area contributed by atoms with Gasteiger partial charge in [-0.25, -0.2) is 4.79 Å². The quantitative estimate of drug-likeness (QED) is 0.829. The minimum atomic E-state index is -0.499. The molecule has 2 rings (SSSR count). The summed E-state index contributed by atoms with van der Waals surface area (Å²) in [5.74, 6) is 0.0128. The van der Waals surface area contributed by atoms with E-state index in [0.29, 0.717) is 0 Å². The van der Waals surface area contributed by atoms with Crippen molar-refractivity contribution in [3.8, 4) is 0 Å². The van der Waals surface area contributed by atoms with Crippen molar-refractivity contribution in [1.29, 1.82) is 0 Å². The predicted octanol–water partition coefficient (Wildman–Crippen LogP) is 2.43. The number of likely N-dealkylation sites (tertiary alicyclic amines) is 1. The molecule has 1 saturated heterocycles. The molecule has 6 heteroatoms. The molecule has 0 aromatic carbocycles. The average molecular weight is 348 g/mol. The van der Waals surface area contributed by atoms with Gasteiger partial charge in [-0.2, -0.15) is 0 Å². The van der Waals surface area contributed by atoms with Gasteiger partial charge in [0.25, 0.3) is 0 Å². The SMILES string of the molecule is C[C@H](CCc1cccn1C)NC(=O)N[C@H](C)C(=O)N1CCCC[C@H]1C. The maximum Gasteiger partial charge on any atom is 0.315 e. The van der Waals surface area contributed by atoms with E-state index < -0.39 is 6.04 Å². The summed E-state index contributed by atoms with van der Waals surface area (Å²) in [7, 11) is 2.02. The fourth-order valence-electron chi connectivity index (χ4n) is 3.39. The smallest absolute Gasteiger partial charge is 0.315 e. The first-order chi connectivity index (χ1) is 11.9. The van der Waals surface area contributed by atoms with Crippen LogP contribution in [0.15, 0.2) is 18.3 Å². The second-order valence-electron chi connectivity index (χ2n) is 7.27. The molecule has 1 aromatic heterocycles. The van der Waals surface area contributed by atoms with Gasteiger partial charge in [0.1, 0.15) is 6.04 Å². The van der Waals surface area contributed by atoms with Gasteiger partial charge in [0.15, 0.2) is 0 Å². The Bertz CT molecular complexity index is 584. The summed E-state index contributed by atoms with van der Waals surface area (Å²) < 4.78 is 2.09. The van der Waals surface area contributed by atoms with Gasteiger partial charge in [0, 0.05) is 37.6 Å². The van der Waals surface area contributed by atoms with Crippen LogP contribution in [0.3, 0.4) is 0 Å². The van der Waals surface area contributed by atoms with Crippen LogP contribution >= 0.6 is 0 Å². The van der Waals surface area contributed by atoms with Crippen molar-refractivity contribution in [3.63, 3.8) is 0 Å². The molecule has 0 aliphatic carbocycles. The fraction of sp³-hybridized carbons (Fsp3) is 0.684. The Labute approximate surface area is 151 Å². The standard InChI is InChI=1S/C19H32N4O2/c1-14(10-11-17-9-7-12-22(17)4)20-19(25)21-16(3)18(24)23-13-6-5-8-15(23)2/h7,9,12,14-16H,5-6,8,10-11,13H2,1-4H3,(H2,20,21,25)/t14-,15-,16-/m1/s1. The van der Waals surface area contributed by atoms with Gasteiger partial charge >= 0.3 is 6.03 Å². The van der Waals surface area contributed by atoms with Gasteiger partial charge in [-0.3, -0.25) is 4.79 Å². The summed E-state index contributed by atoms with van der Waals surface area (Å²) in [5, 5.41) is 5.72. The first-order valence-corrected chi connectivity index (χ1v) is 9.36. The molecule has 1 aliphatic heterocycles. The highest BCUT2D eigenvalue weighted by Crippen LogP contribution is 2.17. The zero-order valence-electron chi connectivity index (χ0n) is 15.9. The summed E-state index contributed by atoms with van der Waals surface area (Å²) in [6.45, 7) is 6.62. The van der Waals surface area contributed by atoms with E-state index in [1.807, 2.05) is 31.1 Å². The summed E-state index contributed by atoms with van der Waals surface area (Å²) in [6.07, 6.45) is 7.05. The zero-order chi connectivity index (χ0) is 18.4. The number of aromatic nitrogens is 1. The summed E-state index contributed by atoms with van der Waals surface area (Å²) in [5.41, 5.74) is 1.25. The van der Waals surface area contributed by atoms with E-state index in [1.165, 1.54) is 12.1 Å². The van der Waals surface area contributed by atoms with Gasteiger partial charge in [0.2, 0.25) is 5.91 Å². The van der Waals surface area contributed by atoms with E-state index in [2.05, 4.69) is 28.2 Å². The first kappa shape index (κ1) is 19.3. The molecule has 3 atom stereocenters. The van der Waals surface area contributed by atoms with Crippen LogP contribution in [-0.4, -0.2) is 46.1 Å². The highest BCUT2D eigenvalue weighted by Gasteiger charge is 2.27. The number of carbonyl (C=O) groups is 2. The minimum absolute atomic E-state index is 0.0128. The Balaban J connectivity index is 1.74. The lowest BCUT2D eigenvalue weighted by Crippen LogP contribution is -2.54. The van der Waals surface area contributed by atoms with Crippen molar-refractivity contribution in [3.05, 3.63) is 24.0 Å². The summed E-state index contributed by atoms with van der Waals surface area (Å²) in [6, 6.07) is 3.65. The van der Waals surface area contributed by atoms with Crippen LogP contribution in [0.1, 0.15) is 52.1 Å². The topological polar surface area (TPSA) is 66.4 Å². The molecule has 1 fully saturated rings. The number of piperidine rings is 1. The molecule has 0 radical (unpaired) electrons. The predicted molar refractivity (Wildman–Crippen MR) is 99.4 cm³/mol. The normalized spacial score (nSPS) is 20.0. The number of nitrogens with zero attached hydrogens (tertiary/aromatic N) is 2. The van der Waals surface area contributed by atoms with Crippen molar-refractivity contribution < 1.29 is 9.59 Å². The Morgan fingerprint density at radius 2 is 2.04 bits per heavy atom. The lowest BCUT2D eigenvalue weighted by atomic mass is 10.0. The third-order valence-electron chi connectivity index (χ3n) is 5.07. The molecule has 1 aromatic rings. The second kappa shape index (κ2) is 8.92. The second-order valence-corrected chi connectivity index (χ2v) is 7.27. The molecule has 0 bridgehead atoms. The number of hydrogen-bond donors (Lipinski definition) is 2. The number of urea groups is 1. The molecule has 6 nitrogen and oxygen atoms in total. The van der Waals surface area contributed by atoms with Crippen molar-refractivity contribution in [2.45, 2.75) is 71.0 Å². The van der Waals surface area contributed by atoms with E-state index in [-0.39, 0.29) is 24.0 Å². The third-order valence-corrected chi connectivity index (χ3v) is 5.07. The van der Waals surface area contributed by atoms with Crippen LogP contribution in [-0.2, 0) is 18.3 Å². The Hall–Kier alpha value is -1.98. The largest absolute Gasteiger partial charge is 0.354 e. The van der Waals surface area contributed by atoms with E-state index in [9.17, 15) is 9.59 Å². The highest BCUT2D eigenvalue weighted by atomic mass is 16.2. The van der Waals surface area contributed by atoms with Crippen LogP contribution in [0.5, 0.6) is 0 Å². The van der Waals surface area contributed by atoms with Crippen molar-refractivity contribution in [1.82, 2.24) is 20.1 Å². The molecular formula is C19H32N4O2. The molecule has 3 amide bonds. The number of aryl methyl sites for hydroxylation is 2. The molecule has 0 saturated carbocycles. The molecule has 2 N–H and O–H groups in total. The summed E-state index contributed by atoms with van der Waals surface area (Å²) >= 11 is 0. The number of amides is 3. The zero-order valence-corrected chi connectivity index (χ0v) is 15.9. The van der Waals surface area contributed by atoms with Gasteiger partial charge in [-0.15, -0.1) is 0 Å². The molecule has 0 unspecified atom stereocenters. The number of rotatable bonds is 6. The van der Waals surface area contributed by atoms with Crippen LogP contribution in [0, 0.1) is 0 Å². The van der Waals surface area contributed by atoms with E-state index in [1.54, 1.807) is 6.92 Å². The summed E-state index contributed by atoms with van der Waals surface area (Å²) in [4.78, 5) is 26.6. The van der Waals surface area contributed by atoms with Crippen molar-refractivity contribution in [2.24, 2.45) is 7.05 Å². The maximum absolute atomic E-state index is 12.5. The van der Waals surface area contributed by atoms with E-state index in [4.69, 9.17) is 0 Å². The number of carbonyl (C=O) groups excluding carboxylic acids is 2. The van der Waals surface area contributed by atoms with Crippen molar-refractivity contribution in [2.75, 3.05) is 6.54 Å². The van der Waals surface area contributed by atoms with Crippen LogP contribution in [0.2, 0.25) is 0 Å².